The zero-order valence-corrected chi connectivity index (χ0v) is 14.5. The molecule has 0 aliphatic rings. The van der Waals surface area contributed by atoms with Gasteiger partial charge in [-0.05, 0) is 65.6 Å². The fourth-order valence-electron chi connectivity index (χ4n) is 2.55. The van der Waals surface area contributed by atoms with Crippen molar-refractivity contribution in [3.63, 3.8) is 0 Å². The Bertz CT molecular complexity index is 425. The van der Waals surface area contributed by atoms with Crippen molar-refractivity contribution in [2.24, 2.45) is 0 Å². The minimum Gasteiger partial charge on any atom is -0.368 e. The van der Waals surface area contributed by atoms with E-state index in [1.165, 1.54) is 5.56 Å². The summed E-state index contributed by atoms with van der Waals surface area (Å²) in [7, 11) is 0. The van der Waals surface area contributed by atoms with Gasteiger partial charge in [0.05, 0.1) is 0 Å². The predicted octanol–water partition coefficient (Wildman–Crippen LogP) is 3.30. The average Bonchev–Trinajstić information content (AvgIpc) is 2.45. The zero-order valence-electron chi connectivity index (χ0n) is 14.5. The van der Waals surface area contributed by atoms with Crippen molar-refractivity contribution in [3.05, 3.63) is 22.8 Å². The van der Waals surface area contributed by atoms with Crippen LogP contribution >= 0.6 is 0 Å². The second-order valence-corrected chi connectivity index (χ2v) is 5.67. The summed E-state index contributed by atoms with van der Waals surface area (Å²) in [5.74, 6) is 0.817. The van der Waals surface area contributed by atoms with Gasteiger partial charge in [0, 0.05) is 18.0 Å². The molecule has 0 bridgehead atoms. The SMILES string of the molecule is CCNCCCc1c(C)nc(C(C)(CC)OCC)nc1C. The van der Waals surface area contributed by atoms with Crippen LogP contribution in [0.4, 0.5) is 0 Å². The van der Waals surface area contributed by atoms with E-state index >= 15 is 0 Å². The summed E-state index contributed by atoms with van der Waals surface area (Å²) < 4.78 is 5.89. The third kappa shape index (κ3) is 4.75. The standard InChI is InChI=1S/C17H31N3O/c1-7-17(6,21-9-3)16-19-13(4)15(14(5)20-16)11-10-12-18-8-2/h18H,7-12H2,1-6H3. The molecule has 0 aliphatic carbocycles. The van der Waals surface area contributed by atoms with Crippen molar-refractivity contribution in [1.29, 1.82) is 0 Å². The Labute approximate surface area is 129 Å². The number of nitrogens with zero attached hydrogens (tertiary/aromatic N) is 2. The fourth-order valence-corrected chi connectivity index (χ4v) is 2.55. The van der Waals surface area contributed by atoms with Gasteiger partial charge in [0.25, 0.3) is 0 Å². The molecule has 120 valence electrons. The number of nitrogens with one attached hydrogen (secondary N) is 1. The largest absolute Gasteiger partial charge is 0.368 e. The topological polar surface area (TPSA) is 47.0 Å². The van der Waals surface area contributed by atoms with E-state index in [1.807, 2.05) is 6.92 Å². The van der Waals surface area contributed by atoms with Crippen molar-refractivity contribution in [2.75, 3.05) is 19.7 Å². The van der Waals surface area contributed by atoms with E-state index in [0.717, 1.165) is 49.6 Å². The van der Waals surface area contributed by atoms with Gasteiger partial charge in [-0.3, -0.25) is 0 Å². The van der Waals surface area contributed by atoms with E-state index in [2.05, 4.69) is 39.9 Å². The highest BCUT2D eigenvalue weighted by atomic mass is 16.5. The van der Waals surface area contributed by atoms with E-state index in [4.69, 9.17) is 14.7 Å². The van der Waals surface area contributed by atoms with Gasteiger partial charge in [0.2, 0.25) is 0 Å². The Balaban J connectivity index is 2.93. The molecule has 1 aromatic rings. The number of hydrogen-bond donors (Lipinski definition) is 1. The minimum absolute atomic E-state index is 0.382. The van der Waals surface area contributed by atoms with E-state index in [0.29, 0.717) is 6.61 Å². The first-order valence-electron chi connectivity index (χ1n) is 8.17. The molecule has 1 aromatic heterocycles. The third-order valence-corrected chi connectivity index (χ3v) is 4.06. The van der Waals surface area contributed by atoms with Crippen LogP contribution in [0, 0.1) is 13.8 Å². The lowest BCUT2D eigenvalue weighted by molar-refractivity contribution is -0.0393. The van der Waals surface area contributed by atoms with E-state index in [9.17, 15) is 0 Å². The smallest absolute Gasteiger partial charge is 0.160 e. The molecule has 1 unspecified atom stereocenters. The molecule has 0 aliphatic heterocycles. The van der Waals surface area contributed by atoms with Crippen molar-refractivity contribution in [1.82, 2.24) is 15.3 Å². The molecule has 0 saturated heterocycles. The predicted molar refractivity (Wildman–Crippen MR) is 87.6 cm³/mol. The highest BCUT2D eigenvalue weighted by molar-refractivity contribution is 5.25. The summed E-state index contributed by atoms with van der Waals surface area (Å²) >= 11 is 0. The molecule has 1 rings (SSSR count). The summed E-state index contributed by atoms with van der Waals surface area (Å²) in [5.41, 5.74) is 3.08. The average molecular weight is 293 g/mol. The molecule has 0 saturated carbocycles. The fraction of sp³-hybridized carbons (Fsp3) is 0.765. The Morgan fingerprint density at radius 3 is 2.19 bits per heavy atom. The molecule has 0 radical (unpaired) electrons. The van der Waals surface area contributed by atoms with Gasteiger partial charge in [0.1, 0.15) is 5.60 Å². The number of rotatable bonds is 9. The summed E-state index contributed by atoms with van der Waals surface area (Å²) in [6.07, 6.45) is 3.02. The Hall–Kier alpha value is -1.00. The van der Waals surface area contributed by atoms with Crippen molar-refractivity contribution in [3.8, 4) is 0 Å². The van der Waals surface area contributed by atoms with Crippen molar-refractivity contribution < 1.29 is 4.74 Å². The number of aryl methyl sites for hydroxylation is 2. The van der Waals surface area contributed by atoms with Crippen LogP contribution < -0.4 is 5.32 Å². The normalized spacial score (nSPS) is 14.2. The summed E-state index contributed by atoms with van der Waals surface area (Å²) in [6, 6.07) is 0. The van der Waals surface area contributed by atoms with Crippen LogP contribution in [0.5, 0.6) is 0 Å². The second kappa shape index (κ2) is 8.44. The van der Waals surface area contributed by atoms with Crippen LogP contribution in [0.1, 0.15) is 63.3 Å². The summed E-state index contributed by atoms with van der Waals surface area (Å²) in [5, 5.41) is 3.36. The molecule has 21 heavy (non-hydrogen) atoms. The lowest BCUT2D eigenvalue weighted by Crippen LogP contribution is -2.29. The van der Waals surface area contributed by atoms with Gasteiger partial charge in [-0.1, -0.05) is 13.8 Å². The van der Waals surface area contributed by atoms with E-state index < -0.39 is 0 Å². The molecule has 0 spiro atoms. The van der Waals surface area contributed by atoms with E-state index in [1.54, 1.807) is 0 Å². The molecular formula is C17H31N3O. The zero-order chi connectivity index (χ0) is 15.9. The van der Waals surface area contributed by atoms with Gasteiger partial charge in [0.15, 0.2) is 5.82 Å². The van der Waals surface area contributed by atoms with Crippen LogP contribution in [0.25, 0.3) is 0 Å². The van der Waals surface area contributed by atoms with Gasteiger partial charge < -0.3 is 10.1 Å². The van der Waals surface area contributed by atoms with Crippen LogP contribution in [0.15, 0.2) is 0 Å². The second-order valence-electron chi connectivity index (χ2n) is 5.67. The van der Waals surface area contributed by atoms with Crippen molar-refractivity contribution >= 4 is 0 Å². The first-order valence-corrected chi connectivity index (χ1v) is 8.17. The van der Waals surface area contributed by atoms with Gasteiger partial charge in [-0.2, -0.15) is 0 Å². The molecule has 1 atom stereocenters. The first-order chi connectivity index (χ1) is 9.98. The monoisotopic (exact) mass is 293 g/mol. The Kier molecular flexibility index (Phi) is 7.26. The van der Waals surface area contributed by atoms with Gasteiger partial charge >= 0.3 is 0 Å². The maximum absolute atomic E-state index is 5.89. The van der Waals surface area contributed by atoms with Crippen LogP contribution in [0.2, 0.25) is 0 Å². The molecule has 0 aromatic carbocycles. The van der Waals surface area contributed by atoms with Crippen LogP contribution in [-0.2, 0) is 16.8 Å². The quantitative estimate of drug-likeness (QED) is 0.710. The summed E-state index contributed by atoms with van der Waals surface area (Å²) in [4.78, 5) is 9.48. The van der Waals surface area contributed by atoms with Gasteiger partial charge in [-0.15, -0.1) is 0 Å². The third-order valence-electron chi connectivity index (χ3n) is 4.06. The molecule has 4 nitrogen and oxygen atoms in total. The number of aromatic nitrogens is 2. The molecule has 0 fully saturated rings. The molecule has 1 N–H and O–H groups in total. The summed E-state index contributed by atoms with van der Waals surface area (Å²) in [6.45, 7) is 15.3. The lowest BCUT2D eigenvalue weighted by atomic mass is 10.00. The first kappa shape index (κ1) is 18.1. The Morgan fingerprint density at radius 1 is 1.10 bits per heavy atom. The molecule has 1 heterocycles. The maximum Gasteiger partial charge on any atom is 0.160 e. The van der Waals surface area contributed by atoms with Crippen LogP contribution in [-0.4, -0.2) is 29.7 Å². The molecule has 4 heteroatoms. The maximum atomic E-state index is 5.89. The minimum atomic E-state index is -0.382. The number of hydrogen-bond acceptors (Lipinski definition) is 4. The van der Waals surface area contributed by atoms with Gasteiger partial charge in [-0.25, -0.2) is 9.97 Å². The van der Waals surface area contributed by atoms with Crippen molar-refractivity contribution in [2.45, 2.75) is 66.4 Å². The van der Waals surface area contributed by atoms with E-state index in [-0.39, 0.29) is 5.60 Å². The van der Waals surface area contributed by atoms with Crippen LogP contribution in [0.3, 0.4) is 0 Å². The lowest BCUT2D eigenvalue weighted by Gasteiger charge is -2.27. The Morgan fingerprint density at radius 2 is 1.71 bits per heavy atom. The highest BCUT2D eigenvalue weighted by Gasteiger charge is 2.29. The number of ether oxygens (including phenoxy) is 1. The highest BCUT2D eigenvalue weighted by Crippen LogP contribution is 2.27. The molecule has 0 amide bonds. The molecular weight excluding hydrogens is 262 g/mol.